The van der Waals surface area contributed by atoms with Crippen molar-refractivity contribution >= 4 is 23.2 Å². The summed E-state index contributed by atoms with van der Waals surface area (Å²) in [5.74, 6) is 0. The van der Waals surface area contributed by atoms with Crippen molar-refractivity contribution in [3.05, 3.63) is 72.7 Å². The summed E-state index contributed by atoms with van der Waals surface area (Å²) in [7, 11) is 0. The minimum Gasteiger partial charge on any atom is -0.257 e. The zero-order valence-electron chi connectivity index (χ0n) is 9.90. The van der Waals surface area contributed by atoms with Gasteiger partial charge >= 0.3 is 0 Å². The van der Waals surface area contributed by atoms with Crippen molar-refractivity contribution < 1.29 is 4.57 Å². The molecule has 0 bridgehead atoms. The fraction of sp³-hybridized carbons (Fsp3) is 0. The lowest BCUT2D eigenvalue weighted by Crippen LogP contribution is -2.25. The summed E-state index contributed by atoms with van der Waals surface area (Å²) >= 11 is 0. The zero-order valence-corrected chi connectivity index (χ0v) is 9.90. The quantitative estimate of drug-likeness (QED) is 0.621. The number of aromatic nitrogens is 2. The second kappa shape index (κ2) is 4.80. The van der Waals surface area contributed by atoms with Crippen molar-refractivity contribution in [1.82, 2.24) is 4.98 Å². The maximum absolute atomic E-state index is 4.27. The van der Waals surface area contributed by atoms with Gasteiger partial charge in [-0.2, -0.15) is 4.57 Å². The molecule has 3 rings (SSSR count). The Kier molecular flexibility index (Phi) is 2.84. The maximum atomic E-state index is 4.27. The minimum absolute atomic E-state index is 0.956. The van der Waals surface area contributed by atoms with Gasteiger partial charge in [0.25, 0.3) is 0 Å². The predicted molar refractivity (Wildman–Crippen MR) is 73.6 cm³/mol. The third-order valence-corrected chi connectivity index (χ3v) is 2.83. The Labute approximate surface area is 106 Å². The summed E-state index contributed by atoms with van der Waals surface area (Å²) in [5.41, 5.74) is 2.14. The average Bonchev–Trinajstić information content (AvgIpc) is 2.46. The van der Waals surface area contributed by atoms with Crippen LogP contribution < -0.4 is 4.57 Å². The van der Waals surface area contributed by atoms with Gasteiger partial charge in [0.05, 0.1) is 5.69 Å². The minimum atomic E-state index is 0.956. The van der Waals surface area contributed by atoms with Gasteiger partial charge in [0.1, 0.15) is 0 Å². The van der Waals surface area contributed by atoms with Gasteiger partial charge in [-0.25, -0.2) is 0 Å². The van der Waals surface area contributed by atoms with E-state index in [1.165, 1.54) is 10.9 Å². The van der Waals surface area contributed by atoms with E-state index in [9.17, 15) is 0 Å². The van der Waals surface area contributed by atoms with Crippen molar-refractivity contribution in [1.29, 1.82) is 0 Å². The molecule has 2 nitrogen and oxygen atoms in total. The molecule has 0 saturated carbocycles. The molecule has 0 atom stereocenters. The summed E-state index contributed by atoms with van der Waals surface area (Å²) in [4.78, 5) is 4.27. The molecule has 2 heterocycles. The van der Waals surface area contributed by atoms with E-state index in [1.54, 1.807) is 6.20 Å². The molecule has 1 aromatic carbocycles. The molecule has 0 fully saturated rings. The highest BCUT2D eigenvalue weighted by Gasteiger charge is 2.03. The van der Waals surface area contributed by atoms with E-state index in [1.807, 2.05) is 48.8 Å². The summed E-state index contributed by atoms with van der Waals surface area (Å²) in [5, 5.41) is 1.23. The molecule has 0 radical (unpaired) electrons. The second-order valence-electron chi connectivity index (χ2n) is 4.04. The average molecular weight is 233 g/mol. The highest BCUT2D eigenvalue weighted by Crippen LogP contribution is 2.08. The van der Waals surface area contributed by atoms with Crippen LogP contribution in [0.15, 0.2) is 67.0 Å². The highest BCUT2D eigenvalue weighted by atomic mass is 14.9. The van der Waals surface area contributed by atoms with Gasteiger partial charge in [0, 0.05) is 29.8 Å². The lowest BCUT2D eigenvalue weighted by Gasteiger charge is -1.95. The van der Waals surface area contributed by atoms with Crippen LogP contribution in [0.1, 0.15) is 5.69 Å². The van der Waals surface area contributed by atoms with Gasteiger partial charge in [-0.15, -0.1) is 0 Å². The van der Waals surface area contributed by atoms with Crippen LogP contribution in [0, 0.1) is 0 Å². The van der Waals surface area contributed by atoms with Crippen LogP contribution in [0.5, 0.6) is 0 Å². The van der Waals surface area contributed by atoms with Crippen molar-refractivity contribution in [2.45, 2.75) is 0 Å². The Balaban J connectivity index is 2.03. The van der Waals surface area contributed by atoms with Gasteiger partial charge in [0.2, 0.25) is 5.52 Å². The van der Waals surface area contributed by atoms with Gasteiger partial charge < -0.3 is 0 Å². The van der Waals surface area contributed by atoms with Crippen molar-refractivity contribution in [2.75, 3.05) is 0 Å². The fourth-order valence-corrected chi connectivity index (χ4v) is 1.94. The lowest BCUT2D eigenvalue weighted by molar-refractivity contribution is -0.538. The molecule has 0 saturated heterocycles. The van der Waals surface area contributed by atoms with Gasteiger partial charge in [-0.05, 0) is 24.3 Å². The van der Waals surface area contributed by atoms with Crippen LogP contribution in [0.25, 0.3) is 23.2 Å². The Bertz CT molecular complexity index is 682. The Morgan fingerprint density at radius 2 is 1.72 bits per heavy atom. The lowest BCUT2D eigenvalue weighted by atomic mass is 10.2. The van der Waals surface area contributed by atoms with Crippen LogP contribution in [0.2, 0.25) is 0 Å². The van der Waals surface area contributed by atoms with Crippen molar-refractivity contribution in [2.24, 2.45) is 0 Å². The first-order chi connectivity index (χ1) is 8.93. The molecule has 3 aromatic rings. The maximum Gasteiger partial charge on any atom is 0.217 e. The molecule has 2 aromatic heterocycles. The van der Waals surface area contributed by atoms with E-state index in [4.69, 9.17) is 0 Å². The Hall–Kier alpha value is -2.48. The number of rotatable bonds is 2. The molecule has 0 N–H and O–H groups in total. The van der Waals surface area contributed by atoms with Crippen LogP contribution >= 0.6 is 0 Å². The number of hydrogen-bond acceptors (Lipinski definition) is 1. The summed E-state index contributed by atoms with van der Waals surface area (Å²) < 4.78 is 2.10. The van der Waals surface area contributed by atoms with Crippen LogP contribution in [-0.2, 0) is 0 Å². The topological polar surface area (TPSA) is 16.8 Å². The molecule has 18 heavy (non-hydrogen) atoms. The van der Waals surface area contributed by atoms with Crippen LogP contribution in [-0.4, -0.2) is 4.98 Å². The first kappa shape index (κ1) is 10.7. The van der Waals surface area contributed by atoms with E-state index in [-0.39, 0.29) is 0 Å². The third-order valence-electron chi connectivity index (χ3n) is 2.83. The van der Waals surface area contributed by atoms with E-state index < -0.39 is 0 Å². The Morgan fingerprint density at radius 1 is 0.889 bits per heavy atom. The second-order valence-corrected chi connectivity index (χ2v) is 4.04. The first-order valence-electron chi connectivity index (χ1n) is 5.92. The molecule has 86 valence electrons. The molecule has 0 aliphatic rings. The normalized spacial score (nSPS) is 11.1. The Morgan fingerprint density at radius 3 is 2.61 bits per heavy atom. The molecule has 0 aliphatic heterocycles. The van der Waals surface area contributed by atoms with Gasteiger partial charge in [-0.3, -0.25) is 4.98 Å². The number of fused-ring (bicyclic) bond motifs is 1. The molecular formula is C16H13N2+. The molecule has 2 heteroatoms. The monoisotopic (exact) mass is 233 g/mol. The SMILES string of the molecule is C(=C[n+]1cccc2ccccc21)c1ccccn1. The standard InChI is InChI=1S/C16H13N2/c1-2-9-16-14(6-1)7-5-12-18(16)13-10-15-8-3-4-11-17-15/h1-13H/q+1. The van der Waals surface area contributed by atoms with E-state index in [0.717, 1.165) is 5.69 Å². The first-order valence-corrected chi connectivity index (χ1v) is 5.92. The summed E-state index contributed by atoms with van der Waals surface area (Å²) in [6, 6.07) is 18.4. The molecule has 0 spiro atoms. The number of pyridine rings is 2. The number of para-hydroxylation sites is 1. The predicted octanol–water partition coefficient (Wildman–Crippen LogP) is 3.15. The summed E-state index contributed by atoms with van der Waals surface area (Å²) in [6.07, 6.45) is 7.88. The van der Waals surface area contributed by atoms with Crippen molar-refractivity contribution in [3.63, 3.8) is 0 Å². The van der Waals surface area contributed by atoms with E-state index in [0.29, 0.717) is 0 Å². The van der Waals surface area contributed by atoms with Gasteiger partial charge in [-0.1, -0.05) is 18.2 Å². The number of benzene rings is 1. The van der Waals surface area contributed by atoms with E-state index >= 15 is 0 Å². The smallest absolute Gasteiger partial charge is 0.217 e. The largest absolute Gasteiger partial charge is 0.257 e. The highest BCUT2D eigenvalue weighted by molar-refractivity contribution is 5.75. The molecule has 0 unspecified atom stereocenters. The van der Waals surface area contributed by atoms with E-state index in [2.05, 4.69) is 33.8 Å². The van der Waals surface area contributed by atoms with Crippen LogP contribution in [0.3, 0.4) is 0 Å². The zero-order chi connectivity index (χ0) is 12.2. The fourth-order valence-electron chi connectivity index (χ4n) is 1.94. The number of hydrogen-bond donors (Lipinski definition) is 0. The third kappa shape index (κ3) is 2.13. The van der Waals surface area contributed by atoms with Gasteiger partial charge in [0.15, 0.2) is 12.4 Å². The molecular weight excluding hydrogens is 220 g/mol. The van der Waals surface area contributed by atoms with Crippen molar-refractivity contribution in [3.8, 4) is 0 Å². The molecule has 0 aliphatic carbocycles. The molecule has 0 amide bonds. The van der Waals surface area contributed by atoms with Crippen LogP contribution in [0.4, 0.5) is 0 Å². The number of nitrogens with zero attached hydrogens (tertiary/aromatic N) is 2. The summed E-state index contributed by atoms with van der Waals surface area (Å²) in [6.45, 7) is 0.